The zero-order valence-corrected chi connectivity index (χ0v) is 15.7. The normalized spacial score (nSPS) is 16.4. The van der Waals surface area contributed by atoms with Crippen molar-refractivity contribution >= 4 is 21.6 Å². The summed E-state index contributed by atoms with van der Waals surface area (Å²) >= 11 is 0. The van der Waals surface area contributed by atoms with Gasteiger partial charge in [0, 0.05) is 18.3 Å². The van der Waals surface area contributed by atoms with Crippen molar-refractivity contribution in [2.45, 2.75) is 37.8 Å². The van der Waals surface area contributed by atoms with Gasteiger partial charge in [0.1, 0.15) is 0 Å². The van der Waals surface area contributed by atoms with E-state index >= 15 is 0 Å². The second-order valence-corrected chi connectivity index (χ2v) is 8.34. The largest absolute Gasteiger partial charge is 0.359 e. The van der Waals surface area contributed by atoms with Crippen LogP contribution in [0.2, 0.25) is 0 Å². The van der Waals surface area contributed by atoms with Crippen LogP contribution >= 0.6 is 0 Å². The highest BCUT2D eigenvalue weighted by molar-refractivity contribution is 7.89. The summed E-state index contributed by atoms with van der Waals surface area (Å²) in [5.41, 5.74) is 4.02. The van der Waals surface area contributed by atoms with Gasteiger partial charge in [-0.1, -0.05) is 29.8 Å². The highest BCUT2D eigenvalue weighted by Crippen LogP contribution is 2.33. The molecule has 0 saturated heterocycles. The lowest BCUT2D eigenvalue weighted by Gasteiger charge is -2.24. The summed E-state index contributed by atoms with van der Waals surface area (Å²) in [6.07, 6.45) is 0.684. The number of aryl methyl sites for hydroxylation is 1. The van der Waals surface area contributed by atoms with E-state index in [2.05, 4.69) is 5.32 Å². The summed E-state index contributed by atoms with van der Waals surface area (Å²) in [5, 5.41) is 8.14. The quantitative estimate of drug-likeness (QED) is 0.834. The maximum atomic E-state index is 12.4. The van der Waals surface area contributed by atoms with Crippen LogP contribution in [0.3, 0.4) is 0 Å². The van der Waals surface area contributed by atoms with Gasteiger partial charge in [-0.15, -0.1) is 0 Å². The number of carbonyl (C=O) groups excluding carboxylic acids is 1. The minimum atomic E-state index is -3.72. The van der Waals surface area contributed by atoms with Gasteiger partial charge in [0.05, 0.1) is 11.4 Å². The van der Waals surface area contributed by atoms with Gasteiger partial charge in [-0.2, -0.15) is 0 Å². The molecule has 1 atom stereocenters. The van der Waals surface area contributed by atoms with Crippen LogP contribution in [-0.2, 0) is 27.8 Å². The van der Waals surface area contributed by atoms with E-state index < -0.39 is 10.0 Å². The molecule has 6 nitrogen and oxygen atoms in total. The molecule has 0 aromatic heterocycles. The van der Waals surface area contributed by atoms with Crippen LogP contribution < -0.4 is 15.4 Å². The fraction of sp³-hybridized carbons (Fsp3) is 0.316. The SMILES string of the molecule is Cc1ccc(CNC(=O)CN2c3ccc(S(N)(=O)=O)cc3CC2C)cc1. The minimum Gasteiger partial charge on any atom is -0.359 e. The number of nitrogens with two attached hydrogens (primary N) is 1. The topological polar surface area (TPSA) is 92.5 Å². The first kappa shape index (κ1) is 18.4. The molecule has 0 saturated carbocycles. The summed E-state index contributed by atoms with van der Waals surface area (Å²) in [4.78, 5) is 14.5. The molecule has 0 bridgehead atoms. The molecule has 7 heteroatoms. The van der Waals surface area contributed by atoms with Crippen molar-refractivity contribution in [1.29, 1.82) is 0 Å². The smallest absolute Gasteiger partial charge is 0.239 e. The molecule has 1 aliphatic heterocycles. The second kappa shape index (κ2) is 7.09. The number of nitrogens with zero attached hydrogens (tertiary/aromatic N) is 1. The van der Waals surface area contributed by atoms with E-state index in [1.807, 2.05) is 43.0 Å². The average Bonchev–Trinajstić information content (AvgIpc) is 2.88. The van der Waals surface area contributed by atoms with Crippen LogP contribution in [0.5, 0.6) is 0 Å². The molecule has 3 rings (SSSR count). The Kier molecular flexibility index (Phi) is 5.02. The predicted octanol–water partition coefficient (Wildman–Crippen LogP) is 1.71. The summed E-state index contributed by atoms with van der Waals surface area (Å²) in [7, 11) is -3.72. The predicted molar refractivity (Wildman–Crippen MR) is 101 cm³/mol. The van der Waals surface area contributed by atoms with Crippen molar-refractivity contribution in [3.05, 3.63) is 59.2 Å². The maximum absolute atomic E-state index is 12.4. The van der Waals surface area contributed by atoms with Crippen LogP contribution in [0.15, 0.2) is 47.4 Å². The molecule has 0 fully saturated rings. The Morgan fingerprint density at radius 3 is 2.58 bits per heavy atom. The van der Waals surface area contributed by atoms with E-state index in [1.165, 1.54) is 11.6 Å². The van der Waals surface area contributed by atoms with Gasteiger partial charge >= 0.3 is 0 Å². The minimum absolute atomic E-state index is 0.0687. The number of carbonyl (C=O) groups is 1. The van der Waals surface area contributed by atoms with Gasteiger partial charge in [-0.05, 0) is 49.6 Å². The number of sulfonamides is 1. The monoisotopic (exact) mass is 373 g/mol. The molecule has 3 N–H and O–H groups in total. The maximum Gasteiger partial charge on any atom is 0.239 e. The van der Waals surface area contributed by atoms with Gasteiger partial charge in [-0.3, -0.25) is 4.79 Å². The molecule has 2 aromatic carbocycles. The number of primary sulfonamides is 1. The van der Waals surface area contributed by atoms with Gasteiger partial charge in [0.15, 0.2) is 0 Å². The molecular formula is C19H23N3O3S. The van der Waals surface area contributed by atoms with Crippen molar-refractivity contribution in [2.75, 3.05) is 11.4 Å². The van der Waals surface area contributed by atoms with Crippen LogP contribution in [0.1, 0.15) is 23.6 Å². The molecule has 26 heavy (non-hydrogen) atoms. The van der Waals surface area contributed by atoms with Crippen LogP contribution in [-0.4, -0.2) is 26.9 Å². The Hall–Kier alpha value is -2.38. The van der Waals surface area contributed by atoms with Crippen molar-refractivity contribution in [3.63, 3.8) is 0 Å². The van der Waals surface area contributed by atoms with E-state index in [-0.39, 0.29) is 23.4 Å². The van der Waals surface area contributed by atoms with Gasteiger partial charge in [0.25, 0.3) is 0 Å². The molecule has 1 unspecified atom stereocenters. The van der Waals surface area contributed by atoms with Gasteiger partial charge in [-0.25, -0.2) is 13.6 Å². The molecule has 1 amide bonds. The number of anilines is 1. The number of fused-ring (bicyclic) bond motifs is 1. The number of rotatable bonds is 5. The molecule has 0 aliphatic carbocycles. The molecular weight excluding hydrogens is 350 g/mol. The van der Waals surface area contributed by atoms with E-state index in [4.69, 9.17) is 5.14 Å². The second-order valence-electron chi connectivity index (χ2n) is 6.78. The molecule has 138 valence electrons. The highest BCUT2D eigenvalue weighted by atomic mass is 32.2. The first-order valence-electron chi connectivity index (χ1n) is 8.48. The van der Waals surface area contributed by atoms with E-state index in [0.717, 1.165) is 16.8 Å². The zero-order chi connectivity index (χ0) is 18.9. The van der Waals surface area contributed by atoms with Crippen molar-refractivity contribution in [3.8, 4) is 0 Å². The van der Waals surface area contributed by atoms with E-state index in [9.17, 15) is 13.2 Å². The van der Waals surface area contributed by atoms with Crippen molar-refractivity contribution in [2.24, 2.45) is 5.14 Å². The van der Waals surface area contributed by atoms with Crippen LogP contribution in [0.25, 0.3) is 0 Å². The van der Waals surface area contributed by atoms with Gasteiger partial charge < -0.3 is 10.2 Å². The fourth-order valence-electron chi connectivity index (χ4n) is 3.21. The lowest BCUT2D eigenvalue weighted by atomic mass is 10.1. The van der Waals surface area contributed by atoms with Crippen LogP contribution in [0.4, 0.5) is 5.69 Å². The summed E-state index contributed by atoms with van der Waals surface area (Å²) < 4.78 is 23.0. The van der Waals surface area contributed by atoms with Gasteiger partial charge in [0.2, 0.25) is 15.9 Å². The lowest BCUT2D eigenvalue weighted by Crippen LogP contribution is -2.39. The van der Waals surface area contributed by atoms with Crippen LogP contribution in [0, 0.1) is 6.92 Å². The Morgan fingerprint density at radius 2 is 1.92 bits per heavy atom. The van der Waals surface area contributed by atoms with Crippen molar-refractivity contribution in [1.82, 2.24) is 5.32 Å². The molecule has 0 radical (unpaired) electrons. The molecule has 2 aromatic rings. The third kappa shape index (κ3) is 4.05. The van der Waals surface area contributed by atoms with Crippen molar-refractivity contribution < 1.29 is 13.2 Å². The molecule has 0 spiro atoms. The van der Waals surface area contributed by atoms with E-state index in [0.29, 0.717) is 13.0 Å². The number of hydrogen-bond donors (Lipinski definition) is 2. The van der Waals surface area contributed by atoms with E-state index in [1.54, 1.807) is 12.1 Å². The summed E-state index contributed by atoms with van der Waals surface area (Å²) in [5.74, 6) is -0.0687. The first-order chi connectivity index (χ1) is 12.2. The Balaban J connectivity index is 1.67. The molecule has 1 heterocycles. The average molecular weight is 373 g/mol. The Labute approximate surface area is 154 Å². The number of nitrogens with one attached hydrogen (secondary N) is 1. The lowest BCUT2D eigenvalue weighted by molar-refractivity contribution is -0.120. The fourth-order valence-corrected chi connectivity index (χ4v) is 3.77. The highest BCUT2D eigenvalue weighted by Gasteiger charge is 2.28. The number of benzene rings is 2. The standard InChI is InChI=1S/C19H23N3O3S/c1-13-3-5-15(6-4-13)11-21-19(23)12-22-14(2)9-16-10-17(26(20,24)25)7-8-18(16)22/h3-8,10,14H,9,11-12H2,1-2H3,(H,21,23)(H2,20,24,25). The molecule has 1 aliphatic rings. The third-order valence-corrected chi connectivity index (χ3v) is 5.57. The Bertz CT molecular complexity index is 924. The summed E-state index contributed by atoms with van der Waals surface area (Å²) in [6.45, 7) is 4.76. The zero-order valence-electron chi connectivity index (χ0n) is 14.9. The first-order valence-corrected chi connectivity index (χ1v) is 10.0. The summed E-state index contributed by atoms with van der Waals surface area (Å²) in [6, 6.07) is 13.0. The number of hydrogen-bond acceptors (Lipinski definition) is 4. The Morgan fingerprint density at radius 1 is 1.23 bits per heavy atom. The third-order valence-electron chi connectivity index (χ3n) is 4.66. The number of amides is 1.